The van der Waals surface area contributed by atoms with Crippen LogP contribution in [0.5, 0.6) is 5.75 Å². The van der Waals surface area contributed by atoms with Gasteiger partial charge in [0, 0.05) is 13.1 Å². The van der Waals surface area contributed by atoms with Gasteiger partial charge >= 0.3 is 0 Å². The van der Waals surface area contributed by atoms with Gasteiger partial charge in [0.25, 0.3) is 0 Å². The van der Waals surface area contributed by atoms with E-state index in [0.717, 1.165) is 31.8 Å². The molecule has 3 N–H and O–H groups in total. The summed E-state index contributed by atoms with van der Waals surface area (Å²) in [6.45, 7) is 7.73. The van der Waals surface area contributed by atoms with Crippen molar-refractivity contribution < 1.29 is 9.84 Å². The minimum absolute atomic E-state index is 0.207. The van der Waals surface area contributed by atoms with Crippen LogP contribution in [0.4, 0.5) is 0 Å². The molecule has 4 heteroatoms. The number of ether oxygens (including phenoxy) is 1. The molecular weight excluding hydrogens is 240 g/mol. The smallest absolute Gasteiger partial charge is 0.119 e. The maximum atomic E-state index is 8.61. The largest absolute Gasteiger partial charge is 0.491 e. The lowest BCUT2D eigenvalue weighted by atomic mass is 10.2. The summed E-state index contributed by atoms with van der Waals surface area (Å²) in [5.41, 5.74) is 1.26. The van der Waals surface area contributed by atoms with E-state index >= 15 is 0 Å². The van der Waals surface area contributed by atoms with Crippen LogP contribution in [-0.2, 0) is 6.54 Å². The first-order chi connectivity index (χ1) is 9.22. The summed E-state index contributed by atoms with van der Waals surface area (Å²) < 4.78 is 5.60. The zero-order valence-electron chi connectivity index (χ0n) is 12.0. The fourth-order valence-corrected chi connectivity index (χ4v) is 1.73. The van der Waals surface area contributed by atoms with Crippen LogP contribution in [0.3, 0.4) is 0 Å². The highest BCUT2D eigenvalue weighted by Gasteiger charge is 1.98. The molecule has 0 unspecified atom stereocenters. The first-order valence-electron chi connectivity index (χ1n) is 7.00. The van der Waals surface area contributed by atoms with Gasteiger partial charge < -0.3 is 20.5 Å². The lowest BCUT2D eigenvalue weighted by Crippen LogP contribution is -2.23. The third-order valence-electron chi connectivity index (χ3n) is 2.62. The standard InChI is InChI=1S/C15H26N2O2/c1-13(2)19-15-6-4-14(5-7-15)12-17-9-3-8-16-10-11-18/h4-7,13,16-18H,3,8-12H2,1-2H3. The number of rotatable bonds is 10. The Morgan fingerprint density at radius 2 is 1.74 bits per heavy atom. The van der Waals surface area contributed by atoms with Crippen LogP contribution in [0.15, 0.2) is 24.3 Å². The Balaban J connectivity index is 2.12. The lowest BCUT2D eigenvalue weighted by molar-refractivity contribution is 0.242. The van der Waals surface area contributed by atoms with Gasteiger partial charge in [0.1, 0.15) is 5.75 Å². The van der Waals surface area contributed by atoms with Crippen molar-refractivity contribution in [3.05, 3.63) is 29.8 Å². The van der Waals surface area contributed by atoms with Gasteiger partial charge in [0.2, 0.25) is 0 Å². The highest BCUT2D eigenvalue weighted by Crippen LogP contribution is 2.13. The SMILES string of the molecule is CC(C)Oc1ccc(CNCCCNCCO)cc1. The molecule has 0 bridgehead atoms. The number of hydrogen-bond donors (Lipinski definition) is 3. The molecule has 0 atom stereocenters. The molecule has 0 aliphatic rings. The Hall–Kier alpha value is -1.10. The molecule has 0 heterocycles. The van der Waals surface area contributed by atoms with Crippen molar-refractivity contribution in [2.24, 2.45) is 0 Å². The lowest BCUT2D eigenvalue weighted by Gasteiger charge is -2.10. The zero-order valence-corrected chi connectivity index (χ0v) is 12.0. The average Bonchev–Trinajstić information content (AvgIpc) is 2.39. The van der Waals surface area contributed by atoms with E-state index < -0.39 is 0 Å². The number of nitrogens with one attached hydrogen (secondary N) is 2. The summed E-state index contributed by atoms with van der Waals surface area (Å²) in [6.07, 6.45) is 1.28. The summed E-state index contributed by atoms with van der Waals surface area (Å²) in [5, 5.41) is 15.2. The van der Waals surface area contributed by atoms with E-state index in [1.807, 2.05) is 26.0 Å². The first kappa shape index (κ1) is 16.0. The summed E-state index contributed by atoms with van der Waals surface area (Å²) in [7, 11) is 0. The topological polar surface area (TPSA) is 53.5 Å². The van der Waals surface area contributed by atoms with Crippen molar-refractivity contribution in [2.75, 3.05) is 26.2 Å². The summed E-state index contributed by atoms with van der Waals surface area (Å²) in [5.74, 6) is 0.923. The predicted molar refractivity (Wildman–Crippen MR) is 78.5 cm³/mol. The molecule has 1 aromatic carbocycles. The summed E-state index contributed by atoms with van der Waals surface area (Å²) in [6, 6.07) is 8.21. The summed E-state index contributed by atoms with van der Waals surface area (Å²) in [4.78, 5) is 0. The van der Waals surface area contributed by atoms with Crippen LogP contribution in [-0.4, -0.2) is 37.5 Å². The first-order valence-corrected chi connectivity index (χ1v) is 7.00. The fourth-order valence-electron chi connectivity index (χ4n) is 1.73. The molecule has 0 aliphatic carbocycles. The Bertz CT molecular complexity index is 325. The second kappa shape index (κ2) is 9.78. The maximum Gasteiger partial charge on any atom is 0.119 e. The van der Waals surface area contributed by atoms with Gasteiger partial charge in [0.15, 0.2) is 0 Å². The number of benzene rings is 1. The van der Waals surface area contributed by atoms with E-state index in [1.54, 1.807) is 0 Å². The van der Waals surface area contributed by atoms with Crippen LogP contribution < -0.4 is 15.4 Å². The second-order valence-electron chi connectivity index (χ2n) is 4.81. The molecule has 0 aliphatic heterocycles. The van der Waals surface area contributed by atoms with Crippen LogP contribution >= 0.6 is 0 Å². The molecule has 4 nitrogen and oxygen atoms in total. The normalized spacial score (nSPS) is 10.9. The number of aliphatic hydroxyl groups excluding tert-OH is 1. The zero-order chi connectivity index (χ0) is 13.9. The van der Waals surface area contributed by atoms with Gasteiger partial charge in [0.05, 0.1) is 12.7 Å². The van der Waals surface area contributed by atoms with E-state index in [9.17, 15) is 0 Å². The van der Waals surface area contributed by atoms with Crippen LogP contribution in [0.2, 0.25) is 0 Å². The Morgan fingerprint density at radius 1 is 1.05 bits per heavy atom. The monoisotopic (exact) mass is 266 g/mol. The van der Waals surface area contributed by atoms with Crippen molar-refractivity contribution in [3.63, 3.8) is 0 Å². The molecular formula is C15H26N2O2. The Morgan fingerprint density at radius 3 is 2.37 bits per heavy atom. The quantitative estimate of drug-likeness (QED) is 0.562. The maximum absolute atomic E-state index is 8.61. The summed E-state index contributed by atoms with van der Waals surface area (Å²) >= 11 is 0. The molecule has 19 heavy (non-hydrogen) atoms. The predicted octanol–water partition coefficient (Wildman–Crippen LogP) is 1.54. The minimum Gasteiger partial charge on any atom is -0.491 e. The highest BCUT2D eigenvalue weighted by molar-refractivity contribution is 5.27. The van der Waals surface area contributed by atoms with E-state index in [-0.39, 0.29) is 12.7 Å². The van der Waals surface area contributed by atoms with Crippen molar-refractivity contribution in [1.82, 2.24) is 10.6 Å². The van der Waals surface area contributed by atoms with E-state index in [4.69, 9.17) is 9.84 Å². The van der Waals surface area contributed by atoms with E-state index in [0.29, 0.717) is 6.54 Å². The van der Waals surface area contributed by atoms with Gasteiger partial charge in [-0.1, -0.05) is 12.1 Å². The van der Waals surface area contributed by atoms with Crippen molar-refractivity contribution in [1.29, 1.82) is 0 Å². The van der Waals surface area contributed by atoms with Crippen molar-refractivity contribution in [2.45, 2.75) is 32.9 Å². The van der Waals surface area contributed by atoms with Crippen LogP contribution in [0.1, 0.15) is 25.8 Å². The Labute approximate surface area is 116 Å². The molecule has 0 radical (unpaired) electrons. The van der Waals surface area contributed by atoms with Crippen LogP contribution in [0.25, 0.3) is 0 Å². The molecule has 1 aromatic rings. The minimum atomic E-state index is 0.207. The van der Waals surface area contributed by atoms with E-state index in [1.165, 1.54) is 5.56 Å². The third kappa shape index (κ3) is 7.82. The van der Waals surface area contributed by atoms with Gasteiger partial charge in [-0.05, 0) is 51.1 Å². The molecule has 1 rings (SSSR count). The molecule has 0 amide bonds. The molecule has 0 saturated carbocycles. The van der Waals surface area contributed by atoms with E-state index in [2.05, 4.69) is 22.8 Å². The number of hydrogen-bond acceptors (Lipinski definition) is 4. The second-order valence-corrected chi connectivity index (χ2v) is 4.81. The van der Waals surface area contributed by atoms with Gasteiger partial charge in [-0.2, -0.15) is 0 Å². The molecule has 0 fully saturated rings. The van der Waals surface area contributed by atoms with Crippen molar-refractivity contribution >= 4 is 0 Å². The van der Waals surface area contributed by atoms with Gasteiger partial charge in [-0.15, -0.1) is 0 Å². The highest BCUT2D eigenvalue weighted by atomic mass is 16.5. The number of aliphatic hydroxyl groups is 1. The average molecular weight is 266 g/mol. The molecule has 0 spiro atoms. The molecule has 0 saturated heterocycles. The Kier molecular flexibility index (Phi) is 8.21. The molecule has 108 valence electrons. The van der Waals surface area contributed by atoms with Gasteiger partial charge in [-0.25, -0.2) is 0 Å². The van der Waals surface area contributed by atoms with Crippen molar-refractivity contribution in [3.8, 4) is 5.75 Å². The van der Waals surface area contributed by atoms with Gasteiger partial charge in [-0.3, -0.25) is 0 Å². The third-order valence-corrected chi connectivity index (χ3v) is 2.62. The fraction of sp³-hybridized carbons (Fsp3) is 0.600. The van der Waals surface area contributed by atoms with Crippen LogP contribution in [0, 0.1) is 0 Å². The molecule has 0 aromatic heterocycles.